The summed E-state index contributed by atoms with van der Waals surface area (Å²) in [4.78, 5) is 30.6. The van der Waals surface area contributed by atoms with E-state index in [0.29, 0.717) is 13.0 Å². The van der Waals surface area contributed by atoms with Gasteiger partial charge in [-0.15, -0.1) is 0 Å². The third kappa shape index (κ3) is 5.52. The molecule has 0 aromatic heterocycles. The maximum Gasteiger partial charge on any atom is 0.343 e. The Morgan fingerprint density at radius 2 is 1.66 bits per heavy atom. The van der Waals surface area contributed by atoms with E-state index in [4.69, 9.17) is 4.74 Å². The minimum absolute atomic E-state index is 0.0311. The number of amides is 4. The number of nitrogens with one attached hydrogen (secondary N) is 1. The second-order valence-electron chi connectivity index (χ2n) is 10.9. The van der Waals surface area contributed by atoms with Crippen LogP contribution in [0.2, 0.25) is 0 Å². The van der Waals surface area contributed by atoms with Crippen LogP contribution in [-0.2, 0) is 6.42 Å². The van der Waals surface area contributed by atoms with Crippen LogP contribution in [0, 0.1) is 0 Å². The van der Waals surface area contributed by atoms with E-state index in [9.17, 15) is 14.8 Å². The standard InChI is InChI=1S/C27H42N4O4/c1-27(2)24(31(34)25(32)28-21-10-6-4-7-11-21)30(22-12-8-5-9-13-22)26(33)29(27)19-18-20-14-16-23(35-3)17-15-20/h14-17,21-22,24,34H,4-13,18-19H2,1-3H3,(H,28,32)/t24-/m0/s1. The molecular formula is C27H42N4O4. The number of rotatable bonds is 7. The Morgan fingerprint density at radius 1 is 1.06 bits per heavy atom. The van der Waals surface area contributed by atoms with Crippen LogP contribution in [0.1, 0.15) is 83.6 Å². The highest BCUT2D eigenvalue weighted by atomic mass is 16.5. The third-order valence-corrected chi connectivity index (χ3v) is 8.17. The Balaban J connectivity index is 1.53. The van der Waals surface area contributed by atoms with Gasteiger partial charge in [-0.2, -0.15) is 5.06 Å². The lowest BCUT2D eigenvalue weighted by Crippen LogP contribution is -2.61. The molecule has 1 saturated heterocycles. The molecule has 1 aliphatic heterocycles. The van der Waals surface area contributed by atoms with Gasteiger partial charge in [0.25, 0.3) is 0 Å². The molecule has 8 nitrogen and oxygen atoms in total. The number of nitrogens with zero attached hydrogens (tertiary/aromatic N) is 3. The van der Waals surface area contributed by atoms with Crippen molar-refractivity contribution in [3.8, 4) is 5.75 Å². The second kappa shape index (κ2) is 11.1. The van der Waals surface area contributed by atoms with Crippen molar-refractivity contribution in [2.45, 2.75) is 108 Å². The number of hydrogen-bond donors (Lipinski definition) is 2. The van der Waals surface area contributed by atoms with Gasteiger partial charge in [0.05, 0.1) is 12.6 Å². The van der Waals surface area contributed by atoms with Crippen molar-refractivity contribution in [2.24, 2.45) is 0 Å². The molecule has 4 amide bonds. The fraction of sp³-hybridized carbons (Fsp3) is 0.704. The van der Waals surface area contributed by atoms with Crippen molar-refractivity contribution >= 4 is 12.1 Å². The van der Waals surface area contributed by atoms with Crippen LogP contribution in [0.15, 0.2) is 24.3 Å². The van der Waals surface area contributed by atoms with Crippen molar-refractivity contribution in [3.05, 3.63) is 29.8 Å². The van der Waals surface area contributed by atoms with Crippen LogP contribution < -0.4 is 10.1 Å². The average Bonchev–Trinajstić information content (AvgIpc) is 3.08. The molecule has 8 heteroatoms. The highest BCUT2D eigenvalue weighted by Crippen LogP contribution is 2.39. The van der Waals surface area contributed by atoms with Crippen molar-refractivity contribution in [1.29, 1.82) is 0 Å². The molecule has 0 bridgehead atoms. The van der Waals surface area contributed by atoms with Crippen LogP contribution in [0.4, 0.5) is 9.59 Å². The number of hydroxylamine groups is 2. The molecule has 1 atom stereocenters. The molecular weight excluding hydrogens is 444 g/mol. The molecule has 0 radical (unpaired) electrons. The van der Waals surface area contributed by atoms with Gasteiger partial charge in [0, 0.05) is 18.6 Å². The Labute approximate surface area is 209 Å². The maximum absolute atomic E-state index is 13.8. The summed E-state index contributed by atoms with van der Waals surface area (Å²) in [5, 5.41) is 15.1. The van der Waals surface area contributed by atoms with Gasteiger partial charge in [-0.3, -0.25) is 10.1 Å². The van der Waals surface area contributed by atoms with E-state index in [1.165, 1.54) is 12.8 Å². The Hall–Kier alpha value is -2.48. The van der Waals surface area contributed by atoms with Gasteiger partial charge in [-0.05, 0) is 63.6 Å². The quantitative estimate of drug-likeness (QED) is 0.412. The molecule has 2 saturated carbocycles. The predicted octanol–water partition coefficient (Wildman–Crippen LogP) is 5.15. The maximum atomic E-state index is 13.8. The zero-order chi connectivity index (χ0) is 25.0. The van der Waals surface area contributed by atoms with E-state index in [0.717, 1.165) is 67.7 Å². The molecule has 1 aromatic rings. The van der Waals surface area contributed by atoms with Crippen molar-refractivity contribution in [2.75, 3.05) is 13.7 Å². The Morgan fingerprint density at radius 3 is 2.26 bits per heavy atom. The van der Waals surface area contributed by atoms with Crippen molar-refractivity contribution < 1.29 is 19.5 Å². The summed E-state index contributed by atoms with van der Waals surface area (Å²) in [6, 6.07) is 7.40. The molecule has 3 aliphatic rings. The first kappa shape index (κ1) is 25.6. The van der Waals surface area contributed by atoms with Crippen LogP contribution >= 0.6 is 0 Å². The minimum Gasteiger partial charge on any atom is -0.497 e. The van der Waals surface area contributed by atoms with Crippen LogP contribution in [0.25, 0.3) is 0 Å². The highest BCUT2D eigenvalue weighted by molar-refractivity contribution is 5.81. The third-order valence-electron chi connectivity index (χ3n) is 8.17. The molecule has 2 aliphatic carbocycles. The first-order chi connectivity index (χ1) is 16.8. The monoisotopic (exact) mass is 486 g/mol. The van der Waals surface area contributed by atoms with Gasteiger partial charge in [-0.1, -0.05) is 50.7 Å². The van der Waals surface area contributed by atoms with E-state index >= 15 is 0 Å². The summed E-state index contributed by atoms with van der Waals surface area (Å²) >= 11 is 0. The Kier molecular flexibility index (Phi) is 8.09. The second-order valence-corrected chi connectivity index (χ2v) is 10.9. The summed E-state index contributed by atoms with van der Waals surface area (Å²) < 4.78 is 5.25. The molecule has 35 heavy (non-hydrogen) atoms. The van der Waals surface area contributed by atoms with Crippen LogP contribution in [-0.4, -0.2) is 69.6 Å². The Bertz CT molecular complexity index is 862. The van der Waals surface area contributed by atoms with Gasteiger partial charge < -0.3 is 15.0 Å². The number of ether oxygens (including phenoxy) is 1. The normalized spacial score (nSPS) is 23.4. The number of carbonyl (C=O) groups excluding carboxylic acids is 2. The van der Waals surface area contributed by atoms with E-state index in [-0.39, 0.29) is 18.1 Å². The molecule has 0 spiro atoms. The zero-order valence-corrected chi connectivity index (χ0v) is 21.5. The van der Waals surface area contributed by atoms with E-state index in [1.807, 2.05) is 43.0 Å². The molecule has 2 N–H and O–H groups in total. The highest BCUT2D eigenvalue weighted by Gasteiger charge is 2.57. The largest absolute Gasteiger partial charge is 0.497 e. The number of hydrogen-bond acceptors (Lipinski definition) is 4. The van der Waals surface area contributed by atoms with Gasteiger partial charge in [0.1, 0.15) is 5.75 Å². The number of carbonyl (C=O) groups is 2. The summed E-state index contributed by atoms with van der Waals surface area (Å²) in [5.41, 5.74) is 0.359. The fourth-order valence-electron chi connectivity index (χ4n) is 6.12. The van der Waals surface area contributed by atoms with Crippen molar-refractivity contribution in [3.63, 3.8) is 0 Å². The van der Waals surface area contributed by atoms with Crippen LogP contribution in [0.5, 0.6) is 5.75 Å². The lowest BCUT2D eigenvalue weighted by atomic mass is 9.92. The molecule has 4 rings (SSSR count). The SMILES string of the molecule is COc1ccc(CCN2C(=O)N(C3CCCCC3)[C@@H](N(O)C(=O)NC3CCCCC3)C2(C)C)cc1. The van der Waals surface area contributed by atoms with Crippen LogP contribution in [0.3, 0.4) is 0 Å². The molecule has 1 heterocycles. The van der Waals surface area contributed by atoms with Gasteiger partial charge in [0.2, 0.25) is 0 Å². The van der Waals surface area contributed by atoms with Gasteiger partial charge in [-0.25, -0.2) is 9.59 Å². The van der Waals surface area contributed by atoms with E-state index in [1.54, 1.807) is 12.0 Å². The summed E-state index contributed by atoms with van der Waals surface area (Å²) in [6.45, 7) is 4.43. The number of urea groups is 2. The summed E-state index contributed by atoms with van der Waals surface area (Å²) in [5.74, 6) is 0.801. The smallest absolute Gasteiger partial charge is 0.343 e. The molecule has 194 valence electrons. The number of benzene rings is 1. The van der Waals surface area contributed by atoms with Crippen molar-refractivity contribution in [1.82, 2.24) is 20.2 Å². The summed E-state index contributed by atoms with van der Waals surface area (Å²) in [6.07, 6.45) is 10.3. The van der Waals surface area contributed by atoms with Gasteiger partial charge in [0.15, 0.2) is 6.17 Å². The van der Waals surface area contributed by atoms with Gasteiger partial charge >= 0.3 is 12.1 Å². The topological polar surface area (TPSA) is 85.3 Å². The first-order valence-electron chi connectivity index (χ1n) is 13.3. The molecule has 3 fully saturated rings. The molecule has 1 aromatic carbocycles. The number of methoxy groups -OCH3 is 1. The fourth-order valence-corrected chi connectivity index (χ4v) is 6.12. The minimum atomic E-state index is -0.750. The van der Waals surface area contributed by atoms with E-state index in [2.05, 4.69) is 5.32 Å². The average molecular weight is 487 g/mol. The summed E-state index contributed by atoms with van der Waals surface area (Å²) in [7, 11) is 1.64. The predicted molar refractivity (Wildman–Crippen MR) is 134 cm³/mol. The lowest BCUT2D eigenvalue weighted by molar-refractivity contribution is -0.141. The zero-order valence-electron chi connectivity index (χ0n) is 21.5. The lowest BCUT2D eigenvalue weighted by Gasteiger charge is -2.41. The first-order valence-corrected chi connectivity index (χ1v) is 13.3. The van der Waals surface area contributed by atoms with E-state index < -0.39 is 17.7 Å². The molecule has 0 unspecified atom stereocenters.